The van der Waals surface area contributed by atoms with E-state index in [1.807, 2.05) is 0 Å². The van der Waals surface area contributed by atoms with E-state index in [1.54, 1.807) is 0 Å². The second-order valence-corrected chi connectivity index (χ2v) is 8.03. The predicted octanol–water partition coefficient (Wildman–Crippen LogP) is 3.25. The molecule has 4 heteroatoms. The molecule has 0 radical (unpaired) electrons. The molecule has 1 saturated heterocycles. The summed E-state index contributed by atoms with van der Waals surface area (Å²) in [6.07, 6.45) is 10.1. The molecule has 5 atom stereocenters. The normalized spacial score (nSPS) is 33.6. The van der Waals surface area contributed by atoms with Gasteiger partial charge in [-0.25, -0.2) is 0 Å². The molecule has 5 unspecified atom stereocenters. The van der Waals surface area contributed by atoms with Crippen molar-refractivity contribution >= 4 is 0 Å². The summed E-state index contributed by atoms with van der Waals surface area (Å²) in [5.74, 6) is 6.16. The molecule has 2 saturated carbocycles. The average Bonchev–Trinajstić information content (AvgIpc) is 3.18. The molecule has 142 valence electrons. The topological polar surface area (TPSA) is 58.9 Å². The van der Waals surface area contributed by atoms with E-state index in [-0.39, 0.29) is 17.8 Å². The molecule has 4 nitrogen and oxygen atoms in total. The quantitative estimate of drug-likeness (QED) is 0.521. The monoisotopic (exact) mass is 350 g/mol. The van der Waals surface area contributed by atoms with E-state index in [1.165, 1.54) is 38.5 Å². The van der Waals surface area contributed by atoms with Crippen molar-refractivity contribution < 1.29 is 19.7 Å². The van der Waals surface area contributed by atoms with Gasteiger partial charge in [-0.05, 0) is 25.2 Å². The van der Waals surface area contributed by atoms with E-state index in [4.69, 9.17) is 9.47 Å². The number of aliphatic hydroxyl groups excluding tert-OH is 2. The van der Waals surface area contributed by atoms with Gasteiger partial charge in [0, 0.05) is 18.3 Å². The minimum atomic E-state index is -0.561. The Hall–Kier alpha value is -0.600. The molecule has 2 aliphatic carbocycles. The van der Waals surface area contributed by atoms with Gasteiger partial charge < -0.3 is 19.7 Å². The lowest BCUT2D eigenvalue weighted by molar-refractivity contribution is -0.275. The van der Waals surface area contributed by atoms with E-state index in [0.29, 0.717) is 13.2 Å². The maximum atomic E-state index is 10.5. The molecule has 1 heterocycles. The lowest BCUT2D eigenvalue weighted by atomic mass is 9.69. The third-order valence-electron chi connectivity index (χ3n) is 6.25. The van der Waals surface area contributed by atoms with Crippen molar-refractivity contribution in [1.82, 2.24) is 0 Å². The Morgan fingerprint density at radius 2 is 1.76 bits per heavy atom. The third kappa shape index (κ3) is 4.39. The van der Waals surface area contributed by atoms with Crippen molar-refractivity contribution in [2.75, 3.05) is 13.2 Å². The molecule has 0 aromatic rings. The van der Waals surface area contributed by atoms with Crippen LogP contribution >= 0.6 is 0 Å². The summed E-state index contributed by atoms with van der Waals surface area (Å²) in [6.45, 7) is 3.55. The second-order valence-electron chi connectivity index (χ2n) is 8.03. The SMILES string of the molecule is CCCCCCCCCC(O)C#CC1CC2C(CC23OCCO3)C1O. The highest BCUT2D eigenvalue weighted by atomic mass is 16.7. The average molecular weight is 350 g/mol. The van der Waals surface area contributed by atoms with Crippen LogP contribution in [0.15, 0.2) is 0 Å². The number of hydrogen-bond acceptors (Lipinski definition) is 4. The third-order valence-corrected chi connectivity index (χ3v) is 6.25. The van der Waals surface area contributed by atoms with Crippen molar-refractivity contribution in [2.24, 2.45) is 17.8 Å². The Morgan fingerprint density at radius 3 is 2.48 bits per heavy atom. The number of hydrogen-bond donors (Lipinski definition) is 2. The predicted molar refractivity (Wildman–Crippen MR) is 96.7 cm³/mol. The van der Waals surface area contributed by atoms with Gasteiger partial charge in [0.2, 0.25) is 0 Å². The number of unbranched alkanes of at least 4 members (excludes halogenated alkanes) is 6. The summed E-state index contributed by atoms with van der Waals surface area (Å²) >= 11 is 0. The van der Waals surface area contributed by atoms with E-state index in [0.717, 1.165) is 25.7 Å². The lowest BCUT2D eigenvalue weighted by Crippen LogP contribution is -2.54. The van der Waals surface area contributed by atoms with Gasteiger partial charge in [-0.2, -0.15) is 0 Å². The molecule has 1 spiro atoms. The van der Waals surface area contributed by atoms with Gasteiger partial charge >= 0.3 is 0 Å². The van der Waals surface area contributed by atoms with Crippen LogP contribution in [0, 0.1) is 29.6 Å². The van der Waals surface area contributed by atoms with Crippen LogP contribution in [0.25, 0.3) is 0 Å². The molecule has 1 aliphatic heterocycles. The molecule has 3 aliphatic rings. The van der Waals surface area contributed by atoms with Gasteiger partial charge in [-0.3, -0.25) is 0 Å². The van der Waals surface area contributed by atoms with Crippen molar-refractivity contribution in [3.8, 4) is 11.8 Å². The van der Waals surface area contributed by atoms with E-state index in [2.05, 4.69) is 18.8 Å². The summed E-state index contributed by atoms with van der Waals surface area (Å²) in [5.41, 5.74) is 0. The largest absolute Gasteiger partial charge is 0.392 e. The molecule has 2 N–H and O–H groups in total. The fourth-order valence-electron chi connectivity index (χ4n) is 4.73. The molecular formula is C21H34O4. The molecule has 25 heavy (non-hydrogen) atoms. The van der Waals surface area contributed by atoms with Crippen LogP contribution < -0.4 is 0 Å². The van der Waals surface area contributed by atoms with Crippen molar-refractivity contribution in [1.29, 1.82) is 0 Å². The number of aliphatic hydroxyl groups is 2. The Kier molecular flexibility index (Phi) is 6.79. The zero-order chi connectivity index (χ0) is 17.7. The molecule has 0 amide bonds. The van der Waals surface area contributed by atoms with Gasteiger partial charge in [0.15, 0.2) is 5.79 Å². The maximum Gasteiger partial charge on any atom is 0.172 e. The van der Waals surface area contributed by atoms with Crippen LogP contribution in [-0.2, 0) is 9.47 Å². The van der Waals surface area contributed by atoms with Gasteiger partial charge in [-0.15, -0.1) is 0 Å². The number of rotatable bonds is 8. The Labute approximate surface area is 152 Å². The second kappa shape index (κ2) is 8.86. The first-order valence-corrected chi connectivity index (χ1v) is 10.3. The zero-order valence-electron chi connectivity index (χ0n) is 15.6. The van der Waals surface area contributed by atoms with Crippen molar-refractivity contribution in [3.63, 3.8) is 0 Å². The maximum absolute atomic E-state index is 10.5. The first-order valence-electron chi connectivity index (χ1n) is 10.3. The molecule has 0 aromatic carbocycles. The smallest absolute Gasteiger partial charge is 0.172 e. The van der Waals surface area contributed by atoms with Gasteiger partial charge in [0.25, 0.3) is 0 Å². The summed E-state index contributed by atoms with van der Waals surface area (Å²) in [6, 6.07) is 0. The van der Waals surface area contributed by atoms with E-state index >= 15 is 0 Å². The summed E-state index contributed by atoms with van der Waals surface area (Å²) < 4.78 is 11.6. The van der Waals surface area contributed by atoms with Crippen LogP contribution in [-0.4, -0.2) is 41.4 Å². The summed E-state index contributed by atoms with van der Waals surface area (Å²) in [4.78, 5) is 0. The summed E-state index contributed by atoms with van der Waals surface area (Å²) in [7, 11) is 0. The van der Waals surface area contributed by atoms with Gasteiger partial charge in [0.05, 0.1) is 19.3 Å². The fourth-order valence-corrected chi connectivity index (χ4v) is 4.73. The minimum Gasteiger partial charge on any atom is -0.392 e. The standard InChI is InChI=1S/C21H34O4/c1-2-3-4-5-6-7-8-9-17(22)11-10-16-14-19-18(20(16)23)15-21(19)24-12-13-25-21/h16-20,22-23H,2-9,12-15H2,1H3. The van der Waals surface area contributed by atoms with Gasteiger partial charge in [-0.1, -0.05) is 57.3 Å². The lowest BCUT2D eigenvalue weighted by Gasteiger charge is -2.48. The van der Waals surface area contributed by atoms with Crippen LogP contribution in [0.3, 0.4) is 0 Å². The molecular weight excluding hydrogens is 316 g/mol. The minimum absolute atomic E-state index is 0.0501. The summed E-state index contributed by atoms with van der Waals surface area (Å²) in [5, 5.41) is 20.5. The zero-order valence-corrected chi connectivity index (χ0v) is 15.6. The van der Waals surface area contributed by atoms with Crippen molar-refractivity contribution in [3.05, 3.63) is 0 Å². The van der Waals surface area contributed by atoms with Crippen LogP contribution in [0.1, 0.15) is 71.1 Å². The Balaban J connectivity index is 1.35. The first-order chi connectivity index (χ1) is 12.2. The number of fused-ring (bicyclic) bond motifs is 2. The fraction of sp³-hybridized carbons (Fsp3) is 0.905. The van der Waals surface area contributed by atoms with Crippen LogP contribution in [0.5, 0.6) is 0 Å². The van der Waals surface area contributed by atoms with E-state index in [9.17, 15) is 10.2 Å². The van der Waals surface area contributed by atoms with Gasteiger partial charge in [0.1, 0.15) is 6.10 Å². The van der Waals surface area contributed by atoms with Crippen LogP contribution in [0.4, 0.5) is 0 Å². The first kappa shape index (κ1) is 19.2. The molecule has 0 aromatic heterocycles. The molecule has 3 rings (SSSR count). The highest BCUT2D eigenvalue weighted by molar-refractivity contribution is 5.18. The molecule has 3 fully saturated rings. The number of ether oxygens (including phenoxy) is 2. The highest BCUT2D eigenvalue weighted by Crippen LogP contribution is 2.58. The highest BCUT2D eigenvalue weighted by Gasteiger charge is 2.64. The van der Waals surface area contributed by atoms with Crippen LogP contribution in [0.2, 0.25) is 0 Å². The Morgan fingerprint density at radius 1 is 1.08 bits per heavy atom. The Bertz CT molecular complexity index is 474. The van der Waals surface area contributed by atoms with Crippen molar-refractivity contribution in [2.45, 2.75) is 89.1 Å². The molecule has 0 bridgehead atoms. The van der Waals surface area contributed by atoms with E-state index < -0.39 is 18.0 Å².